The number of hydrogen-bond acceptors (Lipinski definition) is 6. The molecule has 128 valence electrons. The van der Waals surface area contributed by atoms with E-state index < -0.39 is 0 Å². The molecule has 0 aliphatic carbocycles. The van der Waals surface area contributed by atoms with Crippen LogP contribution in [0, 0.1) is 0 Å². The van der Waals surface area contributed by atoms with Gasteiger partial charge in [-0.25, -0.2) is 0 Å². The fraction of sp³-hybridized carbons (Fsp3) is 0.176. The average Bonchev–Trinajstić information content (AvgIpc) is 3.11. The summed E-state index contributed by atoms with van der Waals surface area (Å²) in [6.07, 6.45) is 0. The van der Waals surface area contributed by atoms with Gasteiger partial charge in [0.05, 0.1) is 18.0 Å². The number of ether oxygens (including phenoxy) is 1. The number of carbonyl (C=O) groups is 1. The van der Waals surface area contributed by atoms with Crippen LogP contribution >= 0.6 is 11.8 Å². The number of hydrogen-bond donors (Lipinski definition) is 1. The van der Waals surface area contributed by atoms with Crippen molar-refractivity contribution in [2.75, 3.05) is 12.4 Å². The van der Waals surface area contributed by atoms with E-state index in [0.717, 1.165) is 11.4 Å². The molecule has 0 saturated heterocycles. The third-order valence-electron chi connectivity index (χ3n) is 3.45. The first kappa shape index (κ1) is 17.0. The summed E-state index contributed by atoms with van der Waals surface area (Å²) in [5.74, 6) is 0.611. The topological polar surface area (TPSA) is 81.9 Å². The van der Waals surface area contributed by atoms with Crippen LogP contribution in [0.15, 0.2) is 59.8 Å². The Bertz CT molecular complexity index is 836. The Kier molecular flexibility index (Phi) is 5.30. The molecule has 1 heterocycles. The molecule has 3 rings (SSSR count). The molecule has 0 spiro atoms. The number of benzene rings is 2. The highest BCUT2D eigenvalue weighted by Crippen LogP contribution is 2.24. The van der Waals surface area contributed by atoms with Gasteiger partial charge in [-0.2, -0.15) is 4.68 Å². The number of nitrogens with zero attached hydrogens (tertiary/aromatic N) is 4. The van der Waals surface area contributed by atoms with E-state index in [1.54, 1.807) is 36.1 Å². The molecule has 7 nitrogen and oxygen atoms in total. The second-order valence-corrected chi connectivity index (χ2v) is 6.49. The number of tetrazole rings is 1. The van der Waals surface area contributed by atoms with E-state index in [0.29, 0.717) is 10.8 Å². The van der Waals surface area contributed by atoms with Gasteiger partial charge in [0, 0.05) is 5.69 Å². The maximum atomic E-state index is 12.4. The minimum atomic E-state index is -0.365. The molecule has 0 saturated carbocycles. The summed E-state index contributed by atoms with van der Waals surface area (Å²) in [6.45, 7) is 1.81. The van der Waals surface area contributed by atoms with Crippen molar-refractivity contribution in [2.45, 2.75) is 17.3 Å². The minimum absolute atomic E-state index is 0.127. The molecule has 25 heavy (non-hydrogen) atoms. The van der Waals surface area contributed by atoms with E-state index >= 15 is 0 Å². The number of rotatable bonds is 6. The van der Waals surface area contributed by atoms with Crippen LogP contribution in [0.2, 0.25) is 0 Å². The maximum absolute atomic E-state index is 12.4. The lowest BCUT2D eigenvalue weighted by atomic mass is 10.3. The van der Waals surface area contributed by atoms with Crippen LogP contribution in [0.1, 0.15) is 6.92 Å². The van der Waals surface area contributed by atoms with E-state index in [-0.39, 0.29) is 11.2 Å². The highest BCUT2D eigenvalue weighted by Gasteiger charge is 2.19. The zero-order valence-corrected chi connectivity index (χ0v) is 14.6. The Hall–Kier alpha value is -2.87. The number of nitrogens with one attached hydrogen (secondary N) is 1. The first-order chi connectivity index (χ1) is 12.2. The Labute approximate surface area is 149 Å². The van der Waals surface area contributed by atoms with Crippen LogP contribution in [0.5, 0.6) is 5.75 Å². The zero-order chi connectivity index (χ0) is 17.6. The Morgan fingerprint density at radius 2 is 1.88 bits per heavy atom. The third-order valence-corrected chi connectivity index (χ3v) is 4.48. The first-order valence-corrected chi connectivity index (χ1v) is 8.50. The van der Waals surface area contributed by atoms with Gasteiger partial charge in [-0.05, 0) is 53.7 Å². The van der Waals surface area contributed by atoms with Crippen molar-refractivity contribution in [3.8, 4) is 11.4 Å². The smallest absolute Gasteiger partial charge is 0.237 e. The van der Waals surface area contributed by atoms with Crippen molar-refractivity contribution >= 4 is 23.4 Å². The fourth-order valence-corrected chi connectivity index (χ4v) is 2.92. The number of carbonyl (C=O) groups excluding carboxylic acids is 1. The fourth-order valence-electron chi connectivity index (χ4n) is 2.11. The highest BCUT2D eigenvalue weighted by atomic mass is 32.2. The van der Waals surface area contributed by atoms with E-state index in [1.807, 2.05) is 37.3 Å². The normalized spacial score (nSPS) is 11.8. The van der Waals surface area contributed by atoms with Crippen molar-refractivity contribution in [1.29, 1.82) is 0 Å². The molecule has 1 N–H and O–H groups in total. The second-order valence-electron chi connectivity index (χ2n) is 5.19. The maximum Gasteiger partial charge on any atom is 0.237 e. The summed E-state index contributed by atoms with van der Waals surface area (Å²) in [6, 6.07) is 16.7. The van der Waals surface area contributed by atoms with E-state index in [9.17, 15) is 4.79 Å². The van der Waals surface area contributed by atoms with Gasteiger partial charge in [-0.1, -0.05) is 30.0 Å². The number of thioether (sulfide) groups is 1. The van der Waals surface area contributed by atoms with E-state index in [2.05, 4.69) is 20.8 Å². The van der Waals surface area contributed by atoms with Crippen LogP contribution in [0.3, 0.4) is 0 Å². The first-order valence-electron chi connectivity index (χ1n) is 7.63. The lowest BCUT2D eigenvalue weighted by Gasteiger charge is -2.12. The van der Waals surface area contributed by atoms with Gasteiger partial charge < -0.3 is 10.1 Å². The number of anilines is 1. The molecule has 0 aliphatic heterocycles. The molecule has 0 radical (unpaired) electrons. The number of methoxy groups -OCH3 is 1. The van der Waals surface area contributed by atoms with Crippen LogP contribution < -0.4 is 10.1 Å². The lowest BCUT2D eigenvalue weighted by molar-refractivity contribution is -0.115. The van der Waals surface area contributed by atoms with Gasteiger partial charge in [0.1, 0.15) is 5.75 Å². The second kappa shape index (κ2) is 7.80. The van der Waals surface area contributed by atoms with Crippen LogP contribution in [-0.4, -0.2) is 38.5 Å². The van der Waals surface area contributed by atoms with Crippen molar-refractivity contribution < 1.29 is 9.53 Å². The molecule has 1 aromatic heterocycles. The summed E-state index contributed by atoms with van der Waals surface area (Å²) in [5, 5.41) is 14.8. The predicted molar refractivity (Wildman–Crippen MR) is 96.1 cm³/mol. The minimum Gasteiger partial charge on any atom is -0.497 e. The van der Waals surface area contributed by atoms with Gasteiger partial charge in [0.25, 0.3) is 0 Å². The molecule has 1 atom stereocenters. The highest BCUT2D eigenvalue weighted by molar-refractivity contribution is 8.00. The van der Waals surface area contributed by atoms with Crippen LogP contribution in [0.25, 0.3) is 5.69 Å². The van der Waals surface area contributed by atoms with Gasteiger partial charge in [0.2, 0.25) is 11.1 Å². The van der Waals surface area contributed by atoms with Gasteiger partial charge >= 0.3 is 0 Å². The Morgan fingerprint density at radius 1 is 1.16 bits per heavy atom. The molecule has 0 aliphatic rings. The van der Waals surface area contributed by atoms with E-state index in [1.165, 1.54) is 11.8 Å². The predicted octanol–water partition coefficient (Wildman–Crippen LogP) is 2.79. The summed E-state index contributed by atoms with van der Waals surface area (Å²) < 4.78 is 6.72. The molecule has 0 bridgehead atoms. The molecular weight excluding hydrogens is 338 g/mol. The standard InChI is InChI=1S/C17H17N5O2S/c1-12(16(23)18-13-8-10-15(24-2)11-9-13)25-17-19-20-21-22(17)14-6-4-3-5-7-14/h3-12H,1-2H3,(H,18,23). The summed E-state index contributed by atoms with van der Waals surface area (Å²) in [4.78, 5) is 12.4. The quantitative estimate of drug-likeness (QED) is 0.685. The van der Waals surface area contributed by atoms with Crippen molar-refractivity contribution in [3.05, 3.63) is 54.6 Å². The molecule has 8 heteroatoms. The van der Waals surface area contributed by atoms with Crippen LogP contribution in [-0.2, 0) is 4.79 Å². The average molecular weight is 355 g/mol. The molecule has 0 fully saturated rings. The monoisotopic (exact) mass is 355 g/mol. The molecule has 1 unspecified atom stereocenters. The van der Waals surface area contributed by atoms with E-state index in [4.69, 9.17) is 4.74 Å². The summed E-state index contributed by atoms with van der Waals surface area (Å²) in [5.41, 5.74) is 1.55. The van der Waals surface area contributed by atoms with Crippen molar-refractivity contribution in [3.63, 3.8) is 0 Å². The number of para-hydroxylation sites is 1. The SMILES string of the molecule is COc1ccc(NC(=O)C(C)Sc2nnnn2-c2ccccc2)cc1. The zero-order valence-electron chi connectivity index (χ0n) is 13.8. The largest absolute Gasteiger partial charge is 0.497 e. The Morgan fingerprint density at radius 3 is 2.56 bits per heavy atom. The molecule has 2 aromatic carbocycles. The van der Waals surface area contributed by atoms with Crippen molar-refractivity contribution in [1.82, 2.24) is 20.2 Å². The third kappa shape index (κ3) is 4.16. The molecule has 3 aromatic rings. The lowest BCUT2D eigenvalue weighted by Crippen LogP contribution is -2.22. The summed E-state index contributed by atoms with van der Waals surface area (Å²) >= 11 is 1.30. The molecule has 1 amide bonds. The van der Waals surface area contributed by atoms with Gasteiger partial charge in [-0.3, -0.25) is 4.79 Å². The van der Waals surface area contributed by atoms with Crippen LogP contribution in [0.4, 0.5) is 5.69 Å². The Balaban J connectivity index is 1.67. The van der Waals surface area contributed by atoms with Gasteiger partial charge in [-0.15, -0.1) is 5.10 Å². The summed E-state index contributed by atoms with van der Waals surface area (Å²) in [7, 11) is 1.60. The number of amides is 1. The van der Waals surface area contributed by atoms with Crippen molar-refractivity contribution in [2.24, 2.45) is 0 Å². The molecular formula is C17H17N5O2S. The van der Waals surface area contributed by atoms with Gasteiger partial charge in [0.15, 0.2) is 0 Å². The number of aromatic nitrogens is 4.